The molecule has 206 valence electrons. The highest BCUT2D eigenvalue weighted by atomic mass is 35.5. The van der Waals surface area contributed by atoms with Crippen LogP contribution in [0.15, 0.2) is 72.5 Å². The molecule has 3 aromatic rings. The summed E-state index contributed by atoms with van der Waals surface area (Å²) in [7, 11) is 1.91. The topological polar surface area (TPSA) is 54.3 Å². The average molecular weight is 549 g/mol. The van der Waals surface area contributed by atoms with Crippen molar-refractivity contribution in [3.8, 4) is 5.69 Å². The minimum atomic E-state index is -0.394. The van der Waals surface area contributed by atoms with E-state index in [2.05, 4.69) is 22.9 Å². The Kier molecular flexibility index (Phi) is 9.95. The van der Waals surface area contributed by atoms with E-state index in [-0.39, 0.29) is 30.5 Å². The second-order valence-corrected chi connectivity index (χ2v) is 10.9. The van der Waals surface area contributed by atoms with Gasteiger partial charge in [0.05, 0.1) is 6.61 Å². The summed E-state index contributed by atoms with van der Waals surface area (Å²) in [5, 5.41) is 13.6. The molecule has 0 saturated heterocycles. The maximum Gasteiger partial charge on any atom is 0.137 e. The number of hydrogen-bond donors (Lipinski definition) is 2. The Labute approximate surface area is 236 Å². The van der Waals surface area contributed by atoms with Crippen LogP contribution in [-0.2, 0) is 4.79 Å². The zero-order valence-electron chi connectivity index (χ0n) is 23.0. The van der Waals surface area contributed by atoms with Gasteiger partial charge in [0, 0.05) is 41.4 Å². The molecule has 2 N–H and O–H groups in total. The fraction of sp³-hybridized carbons (Fsp3) is 0.364. The van der Waals surface area contributed by atoms with Gasteiger partial charge >= 0.3 is 0 Å². The van der Waals surface area contributed by atoms with Crippen molar-refractivity contribution in [3.05, 3.63) is 106 Å². The van der Waals surface area contributed by atoms with Gasteiger partial charge in [-0.3, -0.25) is 4.79 Å². The van der Waals surface area contributed by atoms with Gasteiger partial charge in [0.15, 0.2) is 0 Å². The number of aromatic nitrogens is 1. The maximum absolute atomic E-state index is 15.5. The van der Waals surface area contributed by atoms with Gasteiger partial charge in [0.25, 0.3) is 0 Å². The van der Waals surface area contributed by atoms with Gasteiger partial charge < -0.3 is 15.0 Å². The summed E-state index contributed by atoms with van der Waals surface area (Å²) >= 11 is 6.44. The monoisotopic (exact) mass is 548 g/mol. The summed E-state index contributed by atoms with van der Waals surface area (Å²) in [5.41, 5.74) is 5.76. The summed E-state index contributed by atoms with van der Waals surface area (Å²) in [6, 6.07) is 15.2. The highest BCUT2D eigenvalue weighted by molar-refractivity contribution is 6.30. The third-order valence-corrected chi connectivity index (χ3v) is 7.77. The summed E-state index contributed by atoms with van der Waals surface area (Å²) < 4.78 is 17.6. The summed E-state index contributed by atoms with van der Waals surface area (Å²) in [4.78, 5) is 13.6. The number of carbonyl (C=O) groups excluding carboxylic acids is 1. The Bertz CT molecular complexity index is 1370. The minimum absolute atomic E-state index is 0.0152. The van der Waals surface area contributed by atoms with E-state index in [0.717, 1.165) is 47.5 Å². The number of nitrogens with one attached hydrogen (secondary N) is 1. The van der Waals surface area contributed by atoms with Crippen LogP contribution in [0.1, 0.15) is 67.3 Å². The van der Waals surface area contributed by atoms with E-state index in [4.69, 9.17) is 11.6 Å². The molecule has 1 aromatic heterocycles. The van der Waals surface area contributed by atoms with Crippen molar-refractivity contribution < 1.29 is 14.3 Å². The number of aryl methyl sites for hydroxylation is 1. The van der Waals surface area contributed by atoms with E-state index < -0.39 is 5.92 Å². The van der Waals surface area contributed by atoms with E-state index in [9.17, 15) is 9.90 Å². The first kappa shape index (κ1) is 29.0. The number of aliphatic hydroxyl groups excluding tert-OH is 1. The van der Waals surface area contributed by atoms with Gasteiger partial charge in [-0.25, -0.2) is 4.39 Å². The molecule has 0 spiro atoms. The molecule has 1 aliphatic heterocycles. The lowest BCUT2D eigenvalue weighted by Crippen LogP contribution is -2.17. The largest absolute Gasteiger partial charge is 0.392 e. The van der Waals surface area contributed by atoms with Crippen LogP contribution in [0, 0.1) is 18.7 Å². The average Bonchev–Trinajstić information content (AvgIpc) is 3.36. The normalized spacial score (nSPS) is 15.8. The molecule has 2 heterocycles. The van der Waals surface area contributed by atoms with Crippen molar-refractivity contribution in [1.29, 1.82) is 0 Å². The number of aliphatic hydroxyl groups is 1. The molecule has 0 saturated carbocycles. The van der Waals surface area contributed by atoms with Crippen molar-refractivity contribution in [2.75, 3.05) is 20.2 Å². The number of nitrogens with zero attached hydrogens (tertiary/aromatic N) is 1. The molecule has 1 aliphatic rings. The standard InChI is InChI=1S/C33H38ClFN2O2/c1-4-7-24(21-38)16-23(13-14-36-3)17-27(39)18-25-19-29(28-9-5-8-22(2)33(28)35)30-20-26(34)11-12-32(30)37-15-6-10-31(25)37/h5-12,15,19-20,23,29,36,38H,4,13-14,16-18,21H2,1-3H3/b24-7-. The first-order chi connectivity index (χ1) is 18.9. The van der Waals surface area contributed by atoms with Crippen LogP contribution < -0.4 is 5.32 Å². The summed E-state index contributed by atoms with van der Waals surface area (Å²) in [5.74, 6) is -0.367. The third kappa shape index (κ3) is 6.78. The van der Waals surface area contributed by atoms with E-state index in [0.29, 0.717) is 29.0 Å². The number of carbonyl (C=O) groups is 1. The number of halogens is 2. The zero-order chi connectivity index (χ0) is 27.9. The first-order valence-electron chi connectivity index (χ1n) is 13.7. The number of hydrogen-bond acceptors (Lipinski definition) is 3. The fourth-order valence-electron chi connectivity index (χ4n) is 5.64. The zero-order valence-corrected chi connectivity index (χ0v) is 23.8. The quantitative estimate of drug-likeness (QED) is 0.232. The molecule has 0 amide bonds. The van der Waals surface area contributed by atoms with Crippen molar-refractivity contribution in [1.82, 2.24) is 9.88 Å². The van der Waals surface area contributed by atoms with E-state index in [1.54, 1.807) is 13.0 Å². The van der Waals surface area contributed by atoms with Gasteiger partial charge in [0.1, 0.15) is 11.6 Å². The second kappa shape index (κ2) is 13.4. The molecular formula is C33H38ClFN2O2. The third-order valence-electron chi connectivity index (χ3n) is 7.54. The number of fused-ring (bicyclic) bond motifs is 3. The van der Waals surface area contributed by atoms with Crippen LogP contribution in [0.2, 0.25) is 5.02 Å². The lowest BCUT2D eigenvalue weighted by molar-refractivity contribution is -0.119. The molecule has 39 heavy (non-hydrogen) atoms. The van der Waals surface area contributed by atoms with Crippen LogP contribution >= 0.6 is 11.6 Å². The summed E-state index contributed by atoms with van der Waals surface area (Å²) in [6.07, 6.45) is 9.15. The lowest BCUT2D eigenvalue weighted by Gasteiger charge is -2.19. The van der Waals surface area contributed by atoms with Gasteiger partial charge in [-0.05, 0) is 104 Å². The van der Waals surface area contributed by atoms with Crippen molar-refractivity contribution in [2.45, 2.75) is 51.9 Å². The van der Waals surface area contributed by atoms with Gasteiger partial charge in [0.2, 0.25) is 0 Å². The van der Waals surface area contributed by atoms with Crippen molar-refractivity contribution >= 4 is 23.0 Å². The SMILES string of the molecule is CC/C=C(\CO)CC(CCNC)CC(=O)CC1=CC(c2cccc(C)c2F)c2cc(Cl)ccc2-n2cccc21. The smallest absolute Gasteiger partial charge is 0.137 e. The Morgan fingerprint density at radius 3 is 2.74 bits per heavy atom. The first-order valence-corrected chi connectivity index (χ1v) is 14.1. The molecule has 0 bridgehead atoms. The molecule has 0 aliphatic carbocycles. The number of Topliss-reactive ketones (excluding diaryl/α,β-unsaturated/α-hetero) is 1. The number of allylic oxidation sites excluding steroid dienone is 3. The predicted molar refractivity (Wildman–Crippen MR) is 158 cm³/mol. The van der Waals surface area contributed by atoms with Crippen LogP contribution in [0.5, 0.6) is 0 Å². The molecule has 0 fully saturated rings. The van der Waals surface area contributed by atoms with Crippen molar-refractivity contribution in [2.24, 2.45) is 5.92 Å². The second-order valence-electron chi connectivity index (χ2n) is 10.4. The molecule has 2 aromatic carbocycles. The predicted octanol–water partition coefficient (Wildman–Crippen LogP) is 7.40. The van der Waals surface area contributed by atoms with E-state index in [1.165, 1.54) is 0 Å². The molecule has 2 atom stereocenters. The van der Waals surface area contributed by atoms with Gasteiger partial charge in [-0.1, -0.05) is 48.9 Å². The Morgan fingerprint density at radius 1 is 1.18 bits per heavy atom. The minimum Gasteiger partial charge on any atom is -0.392 e. The Hall–Kier alpha value is -2.99. The highest BCUT2D eigenvalue weighted by Gasteiger charge is 2.27. The number of ketones is 1. The summed E-state index contributed by atoms with van der Waals surface area (Å²) in [6.45, 7) is 4.64. The van der Waals surface area contributed by atoms with Gasteiger partial charge in [-0.2, -0.15) is 0 Å². The Balaban J connectivity index is 1.72. The van der Waals surface area contributed by atoms with Crippen LogP contribution in [0.4, 0.5) is 4.39 Å². The maximum atomic E-state index is 15.5. The number of rotatable bonds is 12. The number of benzene rings is 2. The van der Waals surface area contributed by atoms with E-state index in [1.807, 2.05) is 61.8 Å². The van der Waals surface area contributed by atoms with Crippen LogP contribution in [-0.4, -0.2) is 35.7 Å². The lowest BCUT2D eigenvalue weighted by atomic mass is 9.85. The Morgan fingerprint density at radius 2 is 2.00 bits per heavy atom. The van der Waals surface area contributed by atoms with Crippen LogP contribution in [0.25, 0.3) is 11.3 Å². The molecular weight excluding hydrogens is 511 g/mol. The van der Waals surface area contributed by atoms with Crippen LogP contribution in [0.3, 0.4) is 0 Å². The van der Waals surface area contributed by atoms with Crippen molar-refractivity contribution in [3.63, 3.8) is 0 Å². The molecule has 4 rings (SSSR count). The molecule has 2 unspecified atom stereocenters. The van der Waals surface area contributed by atoms with Gasteiger partial charge in [-0.15, -0.1) is 0 Å². The molecule has 6 heteroatoms. The molecule has 4 nitrogen and oxygen atoms in total. The fourth-order valence-corrected chi connectivity index (χ4v) is 5.82. The molecule has 0 radical (unpaired) electrons. The van der Waals surface area contributed by atoms with E-state index >= 15 is 4.39 Å². The highest BCUT2D eigenvalue weighted by Crippen LogP contribution is 2.41.